The van der Waals surface area contributed by atoms with Crippen LogP contribution in [0.4, 0.5) is 13.2 Å². The molecular weight excluding hydrogens is 337 g/mol. The Morgan fingerprint density at radius 2 is 2.04 bits per heavy atom. The second-order valence-electron chi connectivity index (χ2n) is 4.47. The molecule has 0 unspecified atom stereocenters. The van der Waals surface area contributed by atoms with Gasteiger partial charge in [-0.2, -0.15) is 13.2 Å². The highest BCUT2D eigenvalue weighted by molar-refractivity contribution is 6.31. The Kier molecular flexibility index (Phi) is 4.76. The van der Waals surface area contributed by atoms with Gasteiger partial charge < -0.3 is 4.74 Å². The van der Waals surface area contributed by atoms with Crippen LogP contribution in [0.25, 0.3) is 0 Å². The van der Waals surface area contributed by atoms with Gasteiger partial charge in [0.2, 0.25) is 5.88 Å². The highest BCUT2D eigenvalue weighted by Gasteiger charge is 2.31. The van der Waals surface area contributed by atoms with Crippen molar-refractivity contribution >= 4 is 17.5 Å². The SMILES string of the molecule is CN(O)C(=O)c1cccc(Oc2ncc(C(F)(F)F)cc2Cl)c1. The van der Waals surface area contributed by atoms with Crippen LogP contribution in [-0.2, 0) is 6.18 Å². The fourth-order valence-corrected chi connectivity index (χ4v) is 1.85. The second-order valence-corrected chi connectivity index (χ2v) is 4.87. The summed E-state index contributed by atoms with van der Waals surface area (Å²) in [6.45, 7) is 0. The predicted octanol–water partition coefficient (Wildman–Crippen LogP) is 4.01. The summed E-state index contributed by atoms with van der Waals surface area (Å²) in [5.41, 5.74) is -0.879. The Morgan fingerprint density at radius 3 is 2.61 bits per heavy atom. The van der Waals surface area contributed by atoms with Crippen molar-refractivity contribution in [3.05, 3.63) is 52.7 Å². The molecule has 0 bridgehead atoms. The first-order chi connectivity index (χ1) is 10.7. The van der Waals surface area contributed by atoms with E-state index in [1.54, 1.807) is 0 Å². The first-order valence-corrected chi connectivity index (χ1v) is 6.54. The molecule has 5 nitrogen and oxygen atoms in total. The Bertz CT molecular complexity index is 735. The van der Waals surface area contributed by atoms with Crippen molar-refractivity contribution in [1.82, 2.24) is 10.0 Å². The number of ether oxygens (including phenoxy) is 1. The van der Waals surface area contributed by atoms with Gasteiger partial charge in [-0.3, -0.25) is 10.0 Å². The molecule has 1 N–H and O–H groups in total. The van der Waals surface area contributed by atoms with Gasteiger partial charge in [-0.25, -0.2) is 10.0 Å². The van der Waals surface area contributed by atoms with Crippen LogP contribution >= 0.6 is 11.6 Å². The smallest absolute Gasteiger partial charge is 0.417 e. The molecule has 0 saturated carbocycles. The molecule has 1 aromatic heterocycles. The van der Waals surface area contributed by atoms with Crippen LogP contribution in [0.1, 0.15) is 15.9 Å². The third-order valence-electron chi connectivity index (χ3n) is 2.72. The molecule has 0 aliphatic heterocycles. The summed E-state index contributed by atoms with van der Waals surface area (Å²) < 4.78 is 42.9. The fourth-order valence-electron chi connectivity index (χ4n) is 1.65. The lowest BCUT2D eigenvalue weighted by molar-refractivity contribution is -0.137. The zero-order valence-electron chi connectivity index (χ0n) is 11.6. The summed E-state index contributed by atoms with van der Waals surface area (Å²) in [4.78, 5) is 15.2. The lowest BCUT2D eigenvalue weighted by Crippen LogP contribution is -2.22. The maximum Gasteiger partial charge on any atom is 0.417 e. The van der Waals surface area contributed by atoms with Gasteiger partial charge in [0.15, 0.2) is 0 Å². The number of carbonyl (C=O) groups excluding carboxylic acids is 1. The van der Waals surface area contributed by atoms with Crippen molar-refractivity contribution in [3.8, 4) is 11.6 Å². The molecule has 0 aliphatic carbocycles. The van der Waals surface area contributed by atoms with E-state index < -0.39 is 17.6 Å². The maximum atomic E-state index is 12.5. The number of nitrogens with zero attached hydrogens (tertiary/aromatic N) is 2. The van der Waals surface area contributed by atoms with Crippen LogP contribution in [0.15, 0.2) is 36.5 Å². The van der Waals surface area contributed by atoms with Crippen LogP contribution in [-0.4, -0.2) is 28.2 Å². The molecule has 0 radical (unpaired) electrons. The molecular formula is C14H10ClF3N2O3. The molecule has 122 valence electrons. The van der Waals surface area contributed by atoms with Crippen molar-refractivity contribution in [2.45, 2.75) is 6.18 Å². The molecule has 23 heavy (non-hydrogen) atoms. The zero-order valence-corrected chi connectivity index (χ0v) is 12.4. The van der Waals surface area contributed by atoms with E-state index in [1.165, 1.54) is 24.3 Å². The first kappa shape index (κ1) is 17.0. The largest absolute Gasteiger partial charge is 0.438 e. The normalized spacial score (nSPS) is 11.2. The van der Waals surface area contributed by atoms with Gasteiger partial charge >= 0.3 is 6.18 Å². The molecule has 0 saturated heterocycles. The van der Waals surface area contributed by atoms with E-state index in [9.17, 15) is 18.0 Å². The minimum atomic E-state index is -4.56. The molecule has 0 aliphatic rings. The summed E-state index contributed by atoms with van der Waals surface area (Å²) in [5, 5.41) is 9.18. The minimum Gasteiger partial charge on any atom is -0.438 e. The van der Waals surface area contributed by atoms with E-state index in [1.807, 2.05) is 0 Å². The first-order valence-electron chi connectivity index (χ1n) is 6.16. The zero-order chi connectivity index (χ0) is 17.2. The fraction of sp³-hybridized carbons (Fsp3) is 0.143. The molecule has 0 spiro atoms. The van der Waals surface area contributed by atoms with Crippen molar-refractivity contribution in [2.75, 3.05) is 7.05 Å². The number of rotatable bonds is 3. The average Bonchev–Trinajstić information content (AvgIpc) is 2.47. The van der Waals surface area contributed by atoms with Crippen LogP contribution < -0.4 is 4.74 Å². The lowest BCUT2D eigenvalue weighted by atomic mass is 10.2. The summed E-state index contributed by atoms with van der Waals surface area (Å²) in [5.74, 6) is -0.782. The number of halogens is 4. The van der Waals surface area contributed by atoms with Crippen LogP contribution in [0.3, 0.4) is 0 Å². The van der Waals surface area contributed by atoms with Gasteiger partial charge in [0.25, 0.3) is 5.91 Å². The number of aromatic nitrogens is 1. The van der Waals surface area contributed by atoms with E-state index in [-0.39, 0.29) is 22.2 Å². The molecule has 1 heterocycles. The molecule has 1 amide bonds. The van der Waals surface area contributed by atoms with Gasteiger partial charge in [-0.1, -0.05) is 17.7 Å². The number of alkyl halides is 3. The van der Waals surface area contributed by atoms with Crippen molar-refractivity contribution in [2.24, 2.45) is 0 Å². The number of hydrogen-bond acceptors (Lipinski definition) is 4. The van der Waals surface area contributed by atoms with Gasteiger partial charge in [-0.15, -0.1) is 0 Å². The number of pyridine rings is 1. The molecule has 2 rings (SSSR count). The van der Waals surface area contributed by atoms with Crippen molar-refractivity contribution in [1.29, 1.82) is 0 Å². The maximum absolute atomic E-state index is 12.5. The minimum absolute atomic E-state index is 0.121. The molecule has 0 fully saturated rings. The second kappa shape index (κ2) is 6.43. The van der Waals surface area contributed by atoms with Gasteiger partial charge in [0, 0.05) is 18.8 Å². The van der Waals surface area contributed by atoms with Gasteiger partial charge in [-0.05, 0) is 24.3 Å². The topological polar surface area (TPSA) is 62.7 Å². The van der Waals surface area contributed by atoms with Crippen LogP contribution in [0.5, 0.6) is 11.6 Å². The standard InChI is InChI=1S/C14H10ClF3N2O3/c1-20(22)13(21)8-3-2-4-10(5-8)23-12-11(15)6-9(7-19-12)14(16,17)18/h2-7,22H,1H3. The highest BCUT2D eigenvalue weighted by Crippen LogP contribution is 2.34. The Labute approximate surface area is 133 Å². The van der Waals surface area contributed by atoms with Crippen LogP contribution in [0.2, 0.25) is 5.02 Å². The Hall–Kier alpha value is -2.32. The summed E-state index contributed by atoms with van der Waals surface area (Å²) >= 11 is 5.74. The Balaban J connectivity index is 2.26. The number of amides is 1. The monoisotopic (exact) mass is 346 g/mol. The van der Waals surface area contributed by atoms with Crippen molar-refractivity contribution in [3.63, 3.8) is 0 Å². The third-order valence-corrected chi connectivity index (χ3v) is 2.99. The summed E-state index contributed by atoms with van der Waals surface area (Å²) in [6, 6.07) is 6.36. The van der Waals surface area contributed by atoms with E-state index in [2.05, 4.69) is 4.98 Å². The van der Waals surface area contributed by atoms with E-state index in [0.717, 1.165) is 7.05 Å². The van der Waals surface area contributed by atoms with E-state index in [0.29, 0.717) is 17.3 Å². The average molecular weight is 347 g/mol. The van der Waals surface area contributed by atoms with Gasteiger partial charge in [0.1, 0.15) is 10.8 Å². The number of benzene rings is 1. The quantitative estimate of drug-likeness (QED) is 0.674. The van der Waals surface area contributed by atoms with Gasteiger partial charge in [0.05, 0.1) is 5.56 Å². The molecule has 0 atom stereocenters. The van der Waals surface area contributed by atoms with E-state index >= 15 is 0 Å². The Morgan fingerprint density at radius 1 is 1.35 bits per heavy atom. The number of hydroxylamine groups is 2. The van der Waals surface area contributed by atoms with Crippen LogP contribution in [0, 0.1) is 0 Å². The molecule has 1 aromatic carbocycles. The molecule has 2 aromatic rings. The number of carbonyl (C=O) groups is 1. The summed E-state index contributed by atoms with van der Waals surface area (Å²) in [6.07, 6.45) is -3.97. The molecule has 9 heteroatoms. The van der Waals surface area contributed by atoms with E-state index in [4.69, 9.17) is 21.5 Å². The predicted molar refractivity (Wildman–Crippen MR) is 74.6 cm³/mol. The lowest BCUT2D eigenvalue weighted by Gasteiger charge is -2.11. The summed E-state index contributed by atoms with van der Waals surface area (Å²) in [7, 11) is 1.16. The highest BCUT2D eigenvalue weighted by atomic mass is 35.5. The third kappa shape index (κ3) is 4.11. The van der Waals surface area contributed by atoms with Crippen molar-refractivity contribution < 1.29 is 27.9 Å². The number of hydrogen-bond donors (Lipinski definition) is 1.